The highest BCUT2D eigenvalue weighted by atomic mass is 16.5. The topological polar surface area (TPSA) is 33.0 Å². The van der Waals surface area contributed by atoms with Gasteiger partial charge in [0, 0.05) is 5.92 Å². The molecule has 0 fully saturated rings. The summed E-state index contributed by atoms with van der Waals surface area (Å²) in [6.07, 6.45) is 1.81. The smallest absolute Gasteiger partial charge is 0.193 e. The van der Waals surface area contributed by atoms with Gasteiger partial charge in [0.2, 0.25) is 0 Å². The molecule has 0 amide bonds. The van der Waals surface area contributed by atoms with Gasteiger partial charge in [-0.1, -0.05) is 37.3 Å². The molecule has 1 atom stereocenters. The zero-order chi connectivity index (χ0) is 10.4. The molecule has 1 rings (SSSR count). The molecule has 0 heterocycles. The van der Waals surface area contributed by atoms with Crippen LogP contribution in [0.5, 0.6) is 0 Å². The highest BCUT2D eigenvalue weighted by Crippen LogP contribution is 2.17. The fourth-order valence-corrected chi connectivity index (χ4v) is 1.23. The van der Waals surface area contributed by atoms with Gasteiger partial charge in [-0.25, -0.2) is 0 Å². The molecule has 0 spiro atoms. The van der Waals surface area contributed by atoms with E-state index in [0.29, 0.717) is 5.76 Å². The number of nitrogens with zero attached hydrogens (tertiary/aromatic N) is 1. The van der Waals surface area contributed by atoms with Gasteiger partial charge in [0.15, 0.2) is 5.76 Å². The molecule has 2 nitrogen and oxygen atoms in total. The Morgan fingerprint density at radius 3 is 2.57 bits per heavy atom. The van der Waals surface area contributed by atoms with Crippen LogP contribution in [0.2, 0.25) is 0 Å². The summed E-state index contributed by atoms with van der Waals surface area (Å²) in [5.41, 5.74) is 1.18. The van der Waals surface area contributed by atoms with E-state index >= 15 is 0 Å². The lowest BCUT2D eigenvalue weighted by atomic mass is 10.0. The van der Waals surface area contributed by atoms with Gasteiger partial charge in [0.1, 0.15) is 6.07 Å². The molecule has 0 aliphatic carbocycles. The van der Waals surface area contributed by atoms with Gasteiger partial charge in [0.05, 0.1) is 7.11 Å². The van der Waals surface area contributed by atoms with Crippen LogP contribution in [0.4, 0.5) is 0 Å². The van der Waals surface area contributed by atoms with Crippen molar-refractivity contribution in [1.29, 1.82) is 5.26 Å². The van der Waals surface area contributed by atoms with Gasteiger partial charge in [-0.15, -0.1) is 0 Å². The summed E-state index contributed by atoms with van der Waals surface area (Å²) in [6, 6.07) is 12.0. The Balaban J connectivity index is 2.82. The number of rotatable bonds is 3. The van der Waals surface area contributed by atoms with Crippen LogP contribution in [-0.4, -0.2) is 7.11 Å². The van der Waals surface area contributed by atoms with Crippen LogP contribution < -0.4 is 0 Å². The van der Waals surface area contributed by atoms with Crippen LogP contribution in [-0.2, 0) is 4.74 Å². The number of benzene rings is 1. The Bertz CT molecular complexity index is 348. The van der Waals surface area contributed by atoms with Crippen molar-refractivity contribution in [2.75, 3.05) is 7.11 Å². The van der Waals surface area contributed by atoms with Crippen molar-refractivity contribution in [2.45, 2.75) is 12.8 Å². The summed E-state index contributed by atoms with van der Waals surface area (Å²) in [5.74, 6) is 0.562. The molecule has 0 aliphatic heterocycles. The highest BCUT2D eigenvalue weighted by molar-refractivity contribution is 5.26. The van der Waals surface area contributed by atoms with Crippen LogP contribution in [0.3, 0.4) is 0 Å². The van der Waals surface area contributed by atoms with E-state index in [1.54, 1.807) is 0 Å². The van der Waals surface area contributed by atoms with Gasteiger partial charge >= 0.3 is 0 Å². The molecule has 0 N–H and O–H groups in total. The quantitative estimate of drug-likeness (QED) is 0.538. The first-order chi connectivity index (χ1) is 6.77. The zero-order valence-electron chi connectivity index (χ0n) is 8.40. The highest BCUT2D eigenvalue weighted by Gasteiger charge is 2.03. The van der Waals surface area contributed by atoms with Crippen LogP contribution in [0, 0.1) is 11.3 Å². The summed E-state index contributed by atoms with van der Waals surface area (Å²) in [5, 5.41) is 8.68. The summed E-state index contributed by atoms with van der Waals surface area (Å²) >= 11 is 0. The van der Waals surface area contributed by atoms with Gasteiger partial charge in [-0.05, 0) is 11.6 Å². The zero-order valence-corrected chi connectivity index (χ0v) is 8.40. The molecule has 1 aromatic rings. The van der Waals surface area contributed by atoms with E-state index in [-0.39, 0.29) is 5.92 Å². The van der Waals surface area contributed by atoms with E-state index in [9.17, 15) is 0 Å². The molecule has 2 heteroatoms. The molecule has 0 aromatic heterocycles. The van der Waals surface area contributed by atoms with E-state index in [1.807, 2.05) is 49.4 Å². The summed E-state index contributed by atoms with van der Waals surface area (Å²) in [4.78, 5) is 0. The van der Waals surface area contributed by atoms with E-state index in [1.165, 1.54) is 12.7 Å². The second kappa shape index (κ2) is 5.08. The summed E-state index contributed by atoms with van der Waals surface area (Å²) in [6.45, 7) is 2.03. The second-order valence-electron chi connectivity index (χ2n) is 3.05. The third-order valence-electron chi connectivity index (χ3n) is 2.06. The average molecular weight is 187 g/mol. The standard InChI is InChI=1S/C12H13NO/c1-10(8-12(9-13)14-2)11-6-4-3-5-7-11/h3-8,10H,1-2H3/b12-8-. The fourth-order valence-electron chi connectivity index (χ4n) is 1.23. The van der Waals surface area contributed by atoms with Crippen LogP contribution in [0.1, 0.15) is 18.4 Å². The third kappa shape index (κ3) is 2.63. The maximum absolute atomic E-state index is 8.68. The van der Waals surface area contributed by atoms with Crippen molar-refractivity contribution in [3.05, 3.63) is 47.7 Å². The predicted octanol–water partition coefficient (Wildman–Crippen LogP) is 2.84. The van der Waals surface area contributed by atoms with Crippen molar-refractivity contribution in [2.24, 2.45) is 0 Å². The van der Waals surface area contributed by atoms with E-state index in [0.717, 1.165) is 0 Å². The molecular formula is C12H13NO. The first-order valence-corrected chi connectivity index (χ1v) is 4.48. The fraction of sp³-hybridized carbons (Fsp3) is 0.250. The van der Waals surface area contributed by atoms with Gasteiger partial charge in [0.25, 0.3) is 0 Å². The minimum Gasteiger partial charge on any atom is -0.487 e. The molecule has 0 saturated heterocycles. The molecule has 0 bridgehead atoms. The number of hydrogen-bond donors (Lipinski definition) is 0. The molecule has 0 saturated carbocycles. The maximum Gasteiger partial charge on any atom is 0.193 e. The minimum atomic E-state index is 0.200. The second-order valence-corrected chi connectivity index (χ2v) is 3.05. The van der Waals surface area contributed by atoms with Crippen molar-refractivity contribution < 1.29 is 4.74 Å². The minimum absolute atomic E-state index is 0.200. The number of ether oxygens (including phenoxy) is 1. The molecular weight excluding hydrogens is 174 g/mol. The lowest BCUT2D eigenvalue weighted by Gasteiger charge is -2.06. The molecule has 1 unspecified atom stereocenters. The Kier molecular flexibility index (Phi) is 3.75. The number of methoxy groups -OCH3 is 1. The SMILES string of the molecule is CO/C(C#N)=C\C(C)c1ccccc1. The van der Waals surface area contributed by atoms with E-state index in [4.69, 9.17) is 10.00 Å². The average Bonchev–Trinajstić information content (AvgIpc) is 2.26. The lowest BCUT2D eigenvalue weighted by Crippen LogP contribution is -1.92. The van der Waals surface area contributed by atoms with Crippen molar-refractivity contribution in [3.63, 3.8) is 0 Å². The van der Waals surface area contributed by atoms with Crippen molar-refractivity contribution in [1.82, 2.24) is 0 Å². The van der Waals surface area contributed by atoms with E-state index < -0.39 is 0 Å². The number of nitriles is 1. The van der Waals surface area contributed by atoms with E-state index in [2.05, 4.69) is 0 Å². The van der Waals surface area contributed by atoms with Crippen molar-refractivity contribution >= 4 is 0 Å². The Morgan fingerprint density at radius 2 is 2.07 bits per heavy atom. The van der Waals surface area contributed by atoms with Gasteiger partial charge in [-0.3, -0.25) is 0 Å². The third-order valence-corrected chi connectivity index (χ3v) is 2.06. The molecule has 0 aliphatic rings. The Morgan fingerprint density at radius 1 is 1.43 bits per heavy atom. The first kappa shape index (κ1) is 10.3. The van der Waals surface area contributed by atoms with Gasteiger partial charge < -0.3 is 4.74 Å². The molecule has 14 heavy (non-hydrogen) atoms. The molecule has 0 radical (unpaired) electrons. The predicted molar refractivity (Wildman–Crippen MR) is 55.6 cm³/mol. The van der Waals surface area contributed by atoms with Crippen LogP contribution in [0.25, 0.3) is 0 Å². The molecule has 1 aromatic carbocycles. The summed E-state index contributed by atoms with van der Waals surface area (Å²) < 4.78 is 4.89. The van der Waals surface area contributed by atoms with Crippen LogP contribution >= 0.6 is 0 Å². The maximum atomic E-state index is 8.68. The lowest BCUT2D eigenvalue weighted by molar-refractivity contribution is 0.307. The first-order valence-electron chi connectivity index (χ1n) is 4.48. The van der Waals surface area contributed by atoms with Crippen LogP contribution in [0.15, 0.2) is 42.2 Å². The summed E-state index contributed by atoms with van der Waals surface area (Å²) in [7, 11) is 1.51. The number of allylic oxidation sites excluding steroid dienone is 2. The largest absolute Gasteiger partial charge is 0.487 e. The van der Waals surface area contributed by atoms with Crippen molar-refractivity contribution in [3.8, 4) is 6.07 Å². The normalized spacial score (nSPS) is 13.1. The number of hydrogen-bond acceptors (Lipinski definition) is 2. The Hall–Kier alpha value is -1.75. The van der Waals surface area contributed by atoms with Gasteiger partial charge in [-0.2, -0.15) is 5.26 Å². The Labute approximate surface area is 84.4 Å². The monoisotopic (exact) mass is 187 g/mol. The molecule has 72 valence electrons.